The van der Waals surface area contributed by atoms with E-state index in [0.29, 0.717) is 0 Å². The minimum atomic E-state index is -0.0715. The molecule has 148 heavy (non-hydrogen) atoms. The molecule has 0 saturated heterocycles. The summed E-state index contributed by atoms with van der Waals surface area (Å²) in [4.78, 5) is 7.57. The van der Waals surface area contributed by atoms with Gasteiger partial charge in [0.1, 0.15) is 0 Å². The predicted octanol–water partition coefficient (Wildman–Crippen LogP) is 38.0. The van der Waals surface area contributed by atoms with Crippen LogP contribution < -0.4 is 14.7 Å². The molecule has 12 saturated carbocycles. The molecule has 0 radical (unpaired) electrons. The van der Waals surface area contributed by atoms with Crippen LogP contribution in [0.15, 0.2) is 406 Å². The minimum Gasteiger partial charge on any atom is -0.310 e. The maximum Gasteiger partial charge on any atom is 0.0540 e. The fourth-order valence-electron chi connectivity index (χ4n) is 36.0. The lowest BCUT2D eigenvalue weighted by Crippen LogP contribution is -2.55. The Hall–Kier alpha value is -14.4. The van der Waals surface area contributed by atoms with Crippen LogP contribution in [0.3, 0.4) is 0 Å². The minimum absolute atomic E-state index is 0.0347. The van der Waals surface area contributed by atoms with Gasteiger partial charge in [0.2, 0.25) is 0 Å². The van der Waals surface area contributed by atoms with Crippen LogP contribution in [0.5, 0.6) is 0 Å². The van der Waals surface area contributed by atoms with Gasteiger partial charge in [0.25, 0.3) is 0 Å². The van der Waals surface area contributed by atoms with E-state index in [2.05, 4.69) is 463 Å². The van der Waals surface area contributed by atoms with Crippen LogP contribution in [0.4, 0.5) is 51.2 Å². The highest BCUT2D eigenvalue weighted by Gasteiger charge is 2.65. The smallest absolute Gasteiger partial charge is 0.0540 e. The molecule has 3 heteroatoms. The van der Waals surface area contributed by atoms with Gasteiger partial charge in [-0.25, -0.2) is 0 Å². The van der Waals surface area contributed by atoms with Crippen molar-refractivity contribution in [3.8, 4) is 89.0 Å². The molecule has 18 aliphatic carbocycles. The summed E-state index contributed by atoms with van der Waals surface area (Å²) in [6, 6.07) is 155. The Bertz CT molecular complexity index is 8330. The zero-order valence-corrected chi connectivity index (χ0v) is 86.1. The highest BCUT2D eigenvalue weighted by Crippen LogP contribution is 2.75. The molecule has 0 aromatic heterocycles. The van der Waals surface area contributed by atoms with Crippen LogP contribution in [0, 0.1) is 71.0 Å². The molecule has 0 atom stereocenters. The summed E-state index contributed by atoms with van der Waals surface area (Å²) in [5.41, 5.74) is 51.5. The van der Waals surface area contributed by atoms with Crippen molar-refractivity contribution in [2.45, 2.75) is 170 Å². The van der Waals surface area contributed by atoms with Gasteiger partial charge in [-0.05, 0) is 438 Å². The molecule has 0 heterocycles. The Labute approximate surface area is 873 Å². The third kappa shape index (κ3) is 12.6. The molecule has 18 aromatic carbocycles. The summed E-state index contributed by atoms with van der Waals surface area (Å²) in [6.45, 7) is 14.4. The summed E-state index contributed by atoms with van der Waals surface area (Å²) >= 11 is 0. The van der Waals surface area contributed by atoms with Crippen molar-refractivity contribution in [2.24, 2.45) is 71.0 Å². The van der Waals surface area contributed by atoms with Gasteiger partial charge in [-0.3, -0.25) is 0 Å². The number of rotatable bonds is 11. The molecular weight excluding hydrogens is 1780 g/mol. The van der Waals surface area contributed by atoms with E-state index in [4.69, 9.17) is 0 Å². The third-order valence-electron chi connectivity index (χ3n) is 41.3. The van der Waals surface area contributed by atoms with Crippen LogP contribution in [-0.4, -0.2) is 0 Å². The van der Waals surface area contributed by atoms with Gasteiger partial charge in [-0.2, -0.15) is 0 Å². The molecule has 0 aliphatic heterocycles. The van der Waals surface area contributed by atoms with Crippen molar-refractivity contribution >= 4 is 62.0 Å². The topological polar surface area (TPSA) is 9.72 Å². The SMILES string of the molecule is CC1(C)c2ccccc2-c2ccc(N(c3ccc4c(c3)-c3ccccc3C43C4CC5CC(C4)CC3C5)c3ccc4c(c3)C(C)(C)c3ccccc3-4)cc21.CC1(C)c2ccccc2-c2ccc(N(c3ccccc3)c3ccc4c(c3)-c3ccccc3C43C4CC5CC(C4)CC3C5)cc21.c1ccc(-c2ccccc2N(c2cccc(-c3ccc4ccccc4c3)c2)c2ccc3c(c2)-c2ccccc2C32C3CC4CC(C3)CC2C4)cc1. The zero-order valence-electron chi connectivity index (χ0n) is 86.1. The number of hydrogen-bond donors (Lipinski definition) is 0. The molecule has 0 unspecified atom stereocenters. The van der Waals surface area contributed by atoms with Gasteiger partial charge < -0.3 is 14.7 Å². The summed E-state index contributed by atoms with van der Waals surface area (Å²) in [7, 11) is 0. The first-order chi connectivity index (χ1) is 72.5. The van der Waals surface area contributed by atoms with Crippen molar-refractivity contribution < 1.29 is 0 Å². The summed E-state index contributed by atoms with van der Waals surface area (Å²) < 4.78 is 0. The number of nitrogens with zero attached hydrogens (tertiary/aromatic N) is 3. The molecule has 722 valence electrons. The first-order valence-electron chi connectivity index (χ1n) is 56.2. The van der Waals surface area contributed by atoms with E-state index in [1.807, 2.05) is 0 Å². The molecule has 18 aromatic rings. The fraction of sp³-hybridized carbons (Fsp3) is 0.269. The van der Waals surface area contributed by atoms with Crippen molar-refractivity contribution in [3.05, 3.63) is 473 Å². The molecule has 0 N–H and O–H groups in total. The Morgan fingerprint density at radius 2 is 0.419 bits per heavy atom. The Morgan fingerprint density at radius 1 is 0.155 bits per heavy atom. The molecular formula is C145H127N3. The number of fused-ring (bicyclic) bond motifs is 19. The van der Waals surface area contributed by atoms with Crippen LogP contribution in [-0.2, 0) is 32.5 Å². The van der Waals surface area contributed by atoms with Crippen molar-refractivity contribution in [1.82, 2.24) is 0 Å². The van der Waals surface area contributed by atoms with Crippen LogP contribution in [0.25, 0.3) is 99.8 Å². The lowest BCUT2D eigenvalue weighted by molar-refractivity contribution is -0.0399. The first-order valence-corrected chi connectivity index (χ1v) is 56.2. The van der Waals surface area contributed by atoms with E-state index in [1.54, 1.807) is 33.4 Å². The monoisotopic (exact) mass is 1910 g/mol. The summed E-state index contributed by atoms with van der Waals surface area (Å²) in [5, 5.41) is 2.54. The Kier molecular flexibility index (Phi) is 19.3. The summed E-state index contributed by atoms with van der Waals surface area (Å²) in [5.74, 6) is 10.3. The first kappa shape index (κ1) is 87.8. The third-order valence-corrected chi connectivity index (χ3v) is 41.3. The van der Waals surface area contributed by atoms with Crippen LogP contribution in [0.1, 0.15) is 205 Å². The van der Waals surface area contributed by atoms with Gasteiger partial charge in [0.15, 0.2) is 0 Å². The average molecular weight is 1910 g/mol. The molecule has 3 nitrogen and oxygen atoms in total. The molecule has 3 spiro atoms. The standard InChI is InChI=1S/C52H47N.C50H41N.C43H39N/c1-50(2)44-14-8-5-11-38(44)41-20-17-36(29-48(41)50)53(37-18-21-42-39-12-6-9-15-45(39)51(3,4)49(42)30-37)35-19-22-47-43(28-35)40-13-7-10-16-46(40)52(47)33-24-31-23-32(26-33)27-34(52)25-31;1-2-12-36(13-3-1)44-17-7-9-20-49(44)51(42-16-10-15-38(31-42)39-22-21-35-11-4-5-14-37(35)30-39)43-23-24-48-46(32-43)45-18-6-8-19-47(45)50(48)40-26-33-25-34(28-40)29-41(50)27-33;1-42(2)38-14-8-6-12-34(38)36-18-16-33(26-41(36)42)44(31-10-4-3-5-11-31)32-17-19-40-37(25-32)35-13-7-9-15-39(35)43(40)29-21-27-20-28(23-29)24-30(43)22-27/h5-22,28-34H,23-27H2,1-4H3;1-24,30-34,40-41H,25-29H2;3-19,25-30H,20-24H2,1-2H3. The number of anilines is 9. The largest absolute Gasteiger partial charge is 0.310 e. The van der Waals surface area contributed by atoms with Crippen molar-refractivity contribution in [1.29, 1.82) is 0 Å². The number of hydrogen-bond acceptors (Lipinski definition) is 3. The predicted molar refractivity (Wildman–Crippen MR) is 614 cm³/mol. The number of benzene rings is 18. The highest BCUT2D eigenvalue weighted by atomic mass is 15.2. The maximum absolute atomic E-state index is 2.58. The van der Waals surface area contributed by atoms with Gasteiger partial charge in [0, 0.05) is 83.6 Å². The Morgan fingerprint density at radius 3 is 0.811 bits per heavy atom. The molecule has 0 amide bonds. The summed E-state index contributed by atoms with van der Waals surface area (Å²) in [6.07, 6.45) is 21.4. The van der Waals surface area contributed by atoms with Gasteiger partial charge >= 0.3 is 0 Å². The normalized spacial score (nSPS) is 25.9. The Balaban J connectivity index is 0.000000101. The lowest BCUT2D eigenvalue weighted by atomic mass is 9.43. The second kappa shape index (κ2) is 32.6. The van der Waals surface area contributed by atoms with E-state index < -0.39 is 0 Å². The van der Waals surface area contributed by atoms with Crippen molar-refractivity contribution in [3.63, 3.8) is 0 Å². The van der Waals surface area contributed by atoms with Gasteiger partial charge in [-0.15, -0.1) is 0 Å². The lowest BCUT2D eigenvalue weighted by Gasteiger charge is -2.61. The van der Waals surface area contributed by atoms with E-state index >= 15 is 0 Å². The second-order valence-electron chi connectivity index (χ2n) is 49.4. The second-order valence-corrected chi connectivity index (χ2v) is 49.4. The zero-order chi connectivity index (χ0) is 98.2. The van der Waals surface area contributed by atoms with Gasteiger partial charge in [0.05, 0.1) is 5.69 Å². The quantitative estimate of drug-likeness (QED) is 0.128. The van der Waals surface area contributed by atoms with E-state index in [9.17, 15) is 0 Å². The van der Waals surface area contributed by atoms with Crippen LogP contribution in [0.2, 0.25) is 0 Å². The molecule has 12 fully saturated rings. The van der Waals surface area contributed by atoms with E-state index in [1.165, 1.54) is 281 Å². The molecule has 36 rings (SSSR count). The van der Waals surface area contributed by atoms with E-state index in [0.717, 1.165) is 71.0 Å². The number of para-hydroxylation sites is 2. The maximum atomic E-state index is 2.58. The average Bonchev–Trinajstić information content (AvgIpc) is 1.51. The van der Waals surface area contributed by atoms with Crippen LogP contribution >= 0.6 is 0 Å². The van der Waals surface area contributed by atoms with E-state index in [-0.39, 0.29) is 32.5 Å². The fourth-order valence-corrected chi connectivity index (χ4v) is 36.0. The van der Waals surface area contributed by atoms with Crippen molar-refractivity contribution in [2.75, 3.05) is 14.7 Å². The molecule has 12 bridgehead atoms. The van der Waals surface area contributed by atoms with Gasteiger partial charge in [-0.1, -0.05) is 339 Å². The highest BCUT2D eigenvalue weighted by molar-refractivity contribution is 5.98. The molecule has 18 aliphatic rings.